The van der Waals surface area contributed by atoms with Crippen LogP contribution in [0.4, 0.5) is 0 Å². The van der Waals surface area contributed by atoms with Crippen molar-refractivity contribution in [2.75, 3.05) is 14.2 Å². The number of carbonyl (C=O) groups excluding carboxylic acids is 2. The van der Waals surface area contributed by atoms with Gasteiger partial charge in [-0.05, 0) is 87.5 Å². The Morgan fingerprint density at radius 1 is 0.756 bits per heavy atom. The largest absolute Gasteiger partial charge is 0.465 e. The van der Waals surface area contributed by atoms with Crippen LogP contribution in [-0.2, 0) is 26.1 Å². The van der Waals surface area contributed by atoms with Crippen LogP contribution in [0.25, 0.3) is 0 Å². The highest BCUT2D eigenvalue weighted by Gasteiger charge is 2.22. The topological polar surface area (TPSA) is 123 Å². The molecule has 0 radical (unpaired) electrons. The van der Waals surface area contributed by atoms with Crippen LogP contribution in [0.1, 0.15) is 94.3 Å². The minimum atomic E-state index is -0.328. The molecule has 4 atom stereocenters. The van der Waals surface area contributed by atoms with Gasteiger partial charge in [0, 0.05) is 5.33 Å². The van der Waals surface area contributed by atoms with E-state index in [0.29, 0.717) is 35.9 Å². The molecule has 2 aliphatic carbocycles. The molecule has 4 rings (SSSR count). The van der Waals surface area contributed by atoms with Crippen molar-refractivity contribution in [3.05, 3.63) is 69.8 Å². The number of benzene rings is 2. The summed E-state index contributed by atoms with van der Waals surface area (Å²) in [5.41, 5.74) is 4.91. The van der Waals surface area contributed by atoms with E-state index < -0.39 is 0 Å². The lowest BCUT2D eigenvalue weighted by Gasteiger charge is -2.26. The first-order chi connectivity index (χ1) is 19.6. The first-order valence-corrected chi connectivity index (χ1v) is 15.3. The Morgan fingerprint density at radius 3 is 1.66 bits per heavy atom. The molecule has 0 aliphatic heterocycles. The van der Waals surface area contributed by atoms with E-state index in [1.54, 1.807) is 0 Å². The maximum atomic E-state index is 11.8. The molecule has 2 aliphatic rings. The van der Waals surface area contributed by atoms with Gasteiger partial charge in [0.1, 0.15) is 0 Å². The highest BCUT2D eigenvalue weighted by molar-refractivity contribution is 9.08. The predicted molar refractivity (Wildman–Crippen MR) is 161 cm³/mol. The van der Waals surface area contributed by atoms with Gasteiger partial charge in [-0.1, -0.05) is 52.3 Å². The van der Waals surface area contributed by atoms with Crippen molar-refractivity contribution in [3.8, 4) is 0 Å². The molecule has 8 nitrogen and oxygen atoms in total. The first-order valence-electron chi connectivity index (χ1n) is 14.2. The summed E-state index contributed by atoms with van der Waals surface area (Å²) in [5.74, 6) is -0.599. The monoisotopic (exact) mass is 636 g/mol. The molecule has 0 amide bonds. The summed E-state index contributed by atoms with van der Waals surface area (Å²) in [6, 6.07) is 11.4. The van der Waals surface area contributed by atoms with Gasteiger partial charge in [-0.15, -0.1) is 0 Å². The lowest BCUT2D eigenvalue weighted by atomic mass is 9.95. The minimum Gasteiger partial charge on any atom is -0.465 e. The van der Waals surface area contributed by atoms with Gasteiger partial charge in [0.25, 0.3) is 0 Å². The fraction of sp³-hybridized carbons (Fsp3) is 0.562. The Hall–Kier alpha value is -2.30. The summed E-state index contributed by atoms with van der Waals surface area (Å²) in [6.07, 6.45) is 6.14. The second-order valence-electron chi connectivity index (χ2n) is 10.6. The van der Waals surface area contributed by atoms with Gasteiger partial charge in [0.15, 0.2) is 0 Å². The Labute approximate surface area is 252 Å². The maximum absolute atomic E-state index is 11.8. The fourth-order valence-electron chi connectivity index (χ4n) is 5.10. The molecule has 2 saturated carbocycles. The normalized spacial score (nSPS) is 21.9. The maximum Gasteiger partial charge on any atom is 0.338 e. The number of aliphatic hydroxyl groups excluding tert-OH is 3. The zero-order valence-corrected chi connectivity index (χ0v) is 26.2. The molecule has 4 unspecified atom stereocenters. The third-order valence-electron chi connectivity index (χ3n) is 7.33. The Balaban J connectivity index is 0.000000239. The van der Waals surface area contributed by atoms with E-state index in [9.17, 15) is 14.7 Å². The van der Waals surface area contributed by atoms with Crippen molar-refractivity contribution in [1.82, 2.24) is 0 Å². The van der Waals surface area contributed by atoms with E-state index in [0.717, 1.165) is 60.8 Å². The van der Waals surface area contributed by atoms with Crippen LogP contribution in [-0.4, -0.2) is 65.9 Å². The highest BCUT2D eigenvalue weighted by Crippen LogP contribution is 2.24. The average molecular weight is 638 g/mol. The summed E-state index contributed by atoms with van der Waals surface area (Å²) in [4.78, 5) is 23.2. The van der Waals surface area contributed by atoms with Gasteiger partial charge >= 0.3 is 11.9 Å². The molecule has 2 fully saturated rings. The van der Waals surface area contributed by atoms with Gasteiger partial charge in [-0.2, -0.15) is 0 Å². The number of alkyl halides is 1. The van der Waals surface area contributed by atoms with Gasteiger partial charge in [0.05, 0.1) is 56.4 Å². The van der Waals surface area contributed by atoms with Crippen LogP contribution in [0, 0.1) is 13.8 Å². The summed E-state index contributed by atoms with van der Waals surface area (Å²) in [6.45, 7) is 4.17. The average Bonchev–Trinajstić information content (AvgIpc) is 2.95. The van der Waals surface area contributed by atoms with E-state index in [4.69, 9.17) is 24.4 Å². The zero-order chi connectivity index (χ0) is 30.4. The van der Waals surface area contributed by atoms with E-state index >= 15 is 0 Å². The van der Waals surface area contributed by atoms with Crippen LogP contribution in [0.3, 0.4) is 0 Å². The quantitative estimate of drug-likeness (QED) is 0.278. The standard InChI is InChI=1S/C16H22O4.C10H11BrO2.C6H12O2/c1-11-5-3-6-12(15(11)16(18)19-2)10-20-14-8-4-7-13(17)9-14;1-7-4-3-5-8(6-11)9(7)10(12)13-2;7-5-2-1-3-6(8)4-5/h3,5-6,13-14,17H,4,7-10H2,1-2H3;3-5H,6H2,1-2H3;5-8H,1-4H2. The van der Waals surface area contributed by atoms with E-state index in [1.807, 2.05) is 50.2 Å². The van der Waals surface area contributed by atoms with Gasteiger partial charge in [0.2, 0.25) is 0 Å². The summed E-state index contributed by atoms with van der Waals surface area (Å²) < 4.78 is 15.4. The SMILES string of the molecule is COC(=O)c1c(C)cccc1CBr.COC(=O)c1c(C)cccc1COC1CCCC(O)C1.OC1CCCC(O)C1. The molecular weight excluding hydrogens is 592 g/mol. The van der Waals surface area contributed by atoms with Crippen LogP contribution in [0.5, 0.6) is 0 Å². The lowest BCUT2D eigenvalue weighted by molar-refractivity contribution is -0.0232. The van der Waals surface area contributed by atoms with Crippen LogP contribution < -0.4 is 0 Å². The smallest absolute Gasteiger partial charge is 0.338 e. The van der Waals surface area contributed by atoms with Crippen LogP contribution >= 0.6 is 15.9 Å². The lowest BCUT2D eigenvalue weighted by Crippen LogP contribution is -2.26. The Kier molecular flexibility index (Phi) is 15.6. The summed E-state index contributed by atoms with van der Waals surface area (Å²) in [5, 5.41) is 28.2. The predicted octanol–water partition coefficient (Wildman–Crippen LogP) is 5.56. The van der Waals surface area contributed by atoms with E-state index in [1.165, 1.54) is 14.2 Å². The number of aliphatic hydroxyl groups is 3. The number of esters is 2. The molecule has 0 bridgehead atoms. The zero-order valence-electron chi connectivity index (χ0n) is 24.6. The molecule has 228 valence electrons. The van der Waals surface area contributed by atoms with Gasteiger partial charge in [-0.3, -0.25) is 0 Å². The number of hydrogen-bond acceptors (Lipinski definition) is 8. The van der Waals surface area contributed by atoms with Crippen molar-refractivity contribution < 1.29 is 39.1 Å². The number of aryl methyl sites for hydroxylation is 2. The number of halogens is 1. The minimum absolute atomic E-state index is 0.0739. The third-order valence-corrected chi connectivity index (χ3v) is 7.94. The van der Waals surface area contributed by atoms with Crippen molar-refractivity contribution >= 4 is 27.9 Å². The van der Waals surface area contributed by atoms with Gasteiger partial charge in [-0.25, -0.2) is 9.59 Å². The van der Waals surface area contributed by atoms with Crippen molar-refractivity contribution in [1.29, 1.82) is 0 Å². The molecule has 0 saturated heterocycles. The molecule has 2 aromatic carbocycles. The molecule has 0 spiro atoms. The molecule has 2 aromatic rings. The van der Waals surface area contributed by atoms with Crippen LogP contribution in [0.15, 0.2) is 36.4 Å². The first kappa shape index (κ1) is 34.9. The number of rotatable bonds is 6. The second-order valence-corrected chi connectivity index (χ2v) is 11.1. The van der Waals surface area contributed by atoms with Crippen molar-refractivity contribution in [2.45, 2.75) is 102 Å². The summed E-state index contributed by atoms with van der Waals surface area (Å²) in [7, 11) is 2.78. The molecule has 9 heteroatoms. The number of ether oxygens (including phenoxy) is 3. The Bertz CT molecular complexity index is 1100. The number of methoxy groups -OCH3 is 2. The molecule has 41 heavy (non-hydrogen) atoms. The molecular formula is C32H45BrO8. The highest BCUT2D eigenvalue weighted by atomic mass is 79.9. The second kappa shape index (κ2) is 18.3. The molecule has 0 heterocycles. The number of hydrogen-bond donors (Lipinski definition) is 3. The van der Waals surface area contributed by atoms with Crippen molar-refractivity contribution in [3.63, 3.8) is 0 Å². The molecule has 3 N–H and O–H groups in total. The van der Waals surface area contributed by atoms with Crippen LogP contribution in [0.2, 0.25) is 0 Å². The number of carbonyl (C=O) groups is 2. The summed E-state index contributed by atoms with van der Waals surface area (Å²) >= 11 is 3.33. The Morgan fingerprint density at radius 2 is 1.22 bits per heavy atom. The third kappa shape index (κ3) is 11.5. The van der Waals surface area contributed by atoms with E-state index in [2.05, 4.69) is 15.9 Å². The van der Waals surface area contributed by atoms with E-state index in [-0.39, 0.29) is 36.4 Å². The fourth-order valence-corrected chi connectivity index (χ4v) is 5.56. The van der Waals surface area contributed by atoms with Crippen molar-refractivity contribution in [2.24, 2.45) is 0 Å². The molecule has 0 aromatic heterocycles. The van der Waals surface area contributed by atoms with Gasteiger partial charge < -0.3 is 29.5 Å².